The van der Waals surface area contributed by atoms with Crippen LogP contribution in [0.3, 0.4) is 0 Å². The van der Waals surface area contributed by atoms with Crippen molar-refractivity contribution in [2.45, 2.75) is 19.9 Å². The van der Waals surface area contributed by atoms with Crippen LogP contribution in [0.1, 0.15) is 25.5 Å². The molecule has 2 rings (SSSR count). The fraction of sp³-hybridized carbons (Fsp3) is 0.294. The number of amides is 2. The molecule has 0 bridgehead atoms. The number of ether oxygens (including phenoxy) is 2. The zero-order valence-electron chi connectivity index (χ0n) is 13.2. The van der Waals surface area contributed by atoms with Gasteiger partial charge in [-0.05, 0) is 19.9 Å². The summed E-state index contributed by atoms with van der Waals surface area (Å²) in [5.74, 6) is 0.107. The molecule has 0 spiro atoms. The summed E-state index contributed by atoms with van der Waals surface area (Å²) < 4.78 is 10.7. The van der Waals surface area contributed by atoms with Gasteiger partial charge in [0.25, 0.3) is 0 Å². The normalized spacial score (nSPS) is 17.1. The minimum atomic E-state index is -0.635. The second kappa shape index (κ2) is 7.49. The molecule has 1 heterocycles. The first-order valence-corrected chi connectivity index (χ1v) is 7.36. The minimum absolute atomic E-state index is 0.255. The van der Waals surface area contributed by atoms with Gasteiger partial charge in [-0.1, -0.05) is 30.9 Å². The van der Waals surface area contributed by atoms with Gasteiger partial charge >= 0.3 is 12.0 Å². The van der Waals surface area contributed by atoms with E-state index < -0.39 is 12.0 Å². The molecule has 0 radical (unpaired) electrons. The summed E-state index contributed by atoms with van der Waals surface area (Å²) in [7, 11) is 0. The van der Waals surface area contributed by atoms with Gasteiger partial charge in [-0.25, -0.2) is 9.59 Å². The van der Waals surface area contributed by atoms with Gasteiger partial charge in [-0.2, -0.15) is 0 Å². The van der Waals surface area contributed by atoms with Crippen LogP contribution >= 0.6 is 0 Å². The Bertz CT molecular complexity index is 652. The van der Waals surface area contributed by atoms with Crippen molar-refractivity contribution in [1.29, 1.82) is 0 Å². The quantitative estimate of drug-likeness (QED) is 0.624. The van der Waals surface area contributed by atoms with E-state index in [9.17, 15) is 9.59 Å². The number of allylic oxidation sites excluding steroid dienone is 1. The summed E-state index contributed by atoms with van der Waals surface area (Å²) in [6.45, 7) is 7.61. The van der Waals surface area contributed by atoms with Crippen LogP contribution in [0.25, 0.3) is 0 Å². The molecule has 0 aromatic heterocycles. The van der Waals surface area contributed by atoms with E-state index in [1.54, 1.807) is 32.1 Å². The summed E-state index contributed by atoms with van der Waals surface area (Å²) in [5, 5.41) is 5.36. The first-order valence-electron chi connectivity index (χ1n) is 7.36. The number of esters is 1. The van der Waals surface area contributed by atoms with E-state index in [-0.39, 0.29) is 12.6 Å². The number of nitrogens with one attached hydrogen (secondary N) is 2. The van der Waals surface area contributed by atoms with E-state index in [2.05, 4.69) is 17.2 Å². The molecule has 2 N–H and O–H groups in total. The molecule has 6 nitrogen and oxygen atoms in total. The first-order chi connectivity index (χ1) is 11.1. The Morgan fingerprint density at radius 1 is 1.39 bits per heavy atom. The third kappa shape index (κ3) is 3.71. The molecule has 0 saturated carbocycles. The summed E-state index contributed by atoms with van der Waals surface area (Å²) in [6.07, 6.45) is 1.63. The third-order valence-electron chi connectivity index (χ3n) is 3.35. The Morgan fingerprint density at radius 2 is 2.13 bits per heavy atom. The van der Waals surface area contributed by atoms with Crippen molar-refractivity contribution in [3.63, 3.8) is 0 Å². The largest absolute Gasteiger partial charge is 0.489 e. The lowest BCUT2D eigenvalue weighted by atomic mass is 9.95. The molecule has 0 fully saturated rings. The van der Waals surface area contributed by atoms with Gasteiger partial charge in [0.05, 0.1) is 18.2 Å². The number of benzene rings is 1. The van der Waals surface area contributed by atoms with Crippen LogP contribution in [0.2, 0.25) is 0 Å². The summed E-state index contributed by atoms with van der Waals surface area (Å²) >= 11 is 0. The van der Waals surface area contributed by atoms with E-state index in [1.165, 1.54) is 0 Å². The maximum Gasteiger partial charge on any atom is 0.338 e. The van der Waals surface area contributed by atoms with Crippen molar-refractivity contribution in [2.75, 3.05) is 13.2 Å². The zero-order chi connectivity index (χ0) is 16.8. The highest BCUT2D eigenvalue weighted by molar-refractivity contribution is 5.95. The predicted octanol–water partition coefficient (Wildman–Crippen LogP) is 2.44. The van der Waals surface area contributed by atoms with Crippen LogP contribution in [0.4, 0.5) is 4.79 Å². The number of carbonyl (C=O) groups excluding carboxylic acids is 2. The number of hydrogen-bond donors (Lipinski definition) is 2. The van der Waals surface area contributed by atoms with E-state index >= 15 is 0 Å². The van der Waals surface area contributed by atoms with Crippen LogP contribution in [0, 0.1) is 0 Å². The molecule has 0 unspecified atom stereocenters. The van der Waals surface area contributed by atoms with E-state index in [1.807, 2.05) is 12.1 Å². The van der Waals surface area contributed by atoms with Crippen LogP contribution < -0.4 is 15.4 Å². The number of carbonyl (C=O) groups is 2. The predicted molar refractivity (Wildman–Crippen MR) is 85.9 cm³/mol. The number of rotatable bonds is 6. The molecule has 1 aliphatic heterocycles. The van der Waals surface area contributed by atoms with Crippen molar-refractivity contribution in [1.82, 2.24) is 10.6 Å². The number of hydrogen-bond acceptors (Lipinski definition) is 4. The monoisotopic (exact) mass is 316 g/mol. The SMILES string of the molecule is C=CCOc1ccccc1[C@@H]1NC(=O)NC(C)=C1C(=O)OCC. The topological polar surface area (TPSA) is 76.7 Å². The molecular formula is C17H20N2O4. The summed E-state index contributed by atoms with van der Waals surface area (Å²) in [4.78, 5) is 24.1. The maximum absolute atomic E-state index is 12.3. The highest BCUT2D eigenvalue weighted by atomic mass is 16.5. The van der Waals surface area contributed by atoms with Gasteiger partial charge < -0.3 is 20.1 Å². The Morgan fingerprint density at radius 3 is 2.83 bits per heavy atom. The highest BCUT2D eigenvalue weighted by Crippen LogP contribution is 2.33. The molecule has 122 valence electrons. The lowest BCUT2D eigenvalue weighted by Crippen LogP contribution is -2.45. The average Bonchev–Trinajstić information content (AvgIpc) is 2.52. The molecular weight excluding hydrogens is 296 g/mol. The molecule has 0 aliphatic carbocycles. The van der Waals surface area contributed by atoms with Crippen molar-refractivity contribution in [3.8, 4) is 5.75 Å². The van der Waals surface area contributed by atoms with Gasteiger partial charge in [0.15, 0.2) is 0 Å². The fourth-order valence-corrected chi connectivity index (χ4v) is 2.41. The molecule has 1 atom stereocenters. The molecule has 23 heavy (non-hydrogen) atoms. The molecule has 1 aliphatic rings. The average molecular weight is 316 g/mol. The highest BCUT2D eigenvalue weighted by Gasteiger charge is 2.33. The molecule has 2 amide bonds. The van der Waals surface area contributed by atoms with Gasteiger partial charge in [0, 0.05) is 11.3 Å². The van der Waals surface area contributed by atoms with Crippen LogP contribution in [0.15, 0.2) is 48.2 Å². The first kappa shape index (κ1) is 16.6. The third-order valence-corrected chi connectivity index (χ3v) is 3.35. The van der Waals surface area contributed by atoms with Gasteiger partial charge in [-0.3, -0.25) is 0 Å². The van der Waals surface area contributed by atoms with Crippen molar-refractivity contribution >= 4 is 12.0 Å². The second-order valence-electron chi connectivity index (χ2n) is 4.93. The van der Waals surface area contributed by atoms with Crippen LogP contribution in [-0.4, -0.2) is 25.2 Å². The number of para-hydroxylation sites is 1. The lowest BCUT2D eigenvalue weighted by Gasteiger charge is -2.29. The maximum atomic E-state index is 12.3. The molecule has 0 saturated heterocycles. The Balaban J connectivity index is 2.46. The standard InChI is InChI=1S/C17H20N2O4/c1-4-10-23-13-9-7-6-8-12(13)15-14(16(20)22-5-2)11(3)18-17(21)19-15/h4,6-9,15H,1,5,10H2,2-3H3,(H2,18,19,21)/t15-/m0/s1. The number of urea groups is 1. The van der Waals surface area contributed by atoms with Crippen molar-refractivity contribution in [3.05, 3.63) is 53.8 Å². The molecule has 1 aromatic carbocycles. The Kier molecular flexibility index (Phi) is 5.41. The lowest BCUT2D eigenvalue weighted by molar-refractivity contribution is -0.139. The fourth-order valence-electron chi connectivity index (χ4n) is 2.41. The van der Waals surface area contributed by atoms with Gasteiger partial charge in [-0.15, -0.1) is 0 Å². The molecule has 1 aromatic rings. The van der Waals surface area contributed by atoms with Crippen LogP contribution in [-0.2, 0) is 9.53 Å². The van der Waals surface area contributed by atoms with Crippen LogP contribution in [0.5, 0.6) is 5.75 Å². The van der Waals surface area contributed by atoms with E-state index in [0.717, 1.165) is 0 Å². The zero-order valence-corrected chi connectivity index (χ0v) is 13.2. The Hall–Kier alpha value is -2.76. The minimum Gasteiger partial charge on any atom is -0.489 e. The second-order valence-corrected chi connectivity index (χ2v) is 4.93. The Labute approximate surface area is 135 Å². The van der Waals surface area contributed by atoms with Crippen molar-refractivity contribution in [2.24, 2.45) is 0 Å². The van der Waals surface area contributed by atoms with E-state index in [4.69, 9.17) is 9.47 Å². The summed E-state index contributed by atoms with van der Waals surface area (Å²) in [5.41, 5.74) is 1.52. The van der Waals surface area contributed by atoms with Crippen molar-refractivity contribution < 1.29 is 19.1 Å². The van der Waals surface area contributed by atoms with Gasteiger partial charge in [0.1, 0.15) is 12.4 Å². The smallest absolute Gasteiger partial charge is 0.338 e. The van der Waals surface area contributed by atoms with Gasteiger partial charge in [0.2, 0.25) is 0 Å². The summed E-state index contributed by atoms with van der Waals surface area (Å²) in [6, 6.07) is 6.23. The van der Waals surface area contributed by atoms with E-state index in [0.29, 0.717) is 29.2 Å². The molecule has 6 heteroatoms.